The number of carbonyl (C=O) groups excluding carboxylic acids is 2. The number of carbonyl (C=O) groups is 3. The van der Waals surface area contributed by atoms with Crippen molar-refractivity contribution in [3.8, 4) is 0 Å². The molecule has 18 heavy (non-hydrogen) atoms. The third-order valence-electron chi connectivity index (χ3n) is 2.81. The number of nitrogens with two attached hydrogens (primary N) is 1. The number of primary amides is 1. The second-order valence-corrected chi connectivity index (χ2v) is 4.79. The van der Waals surface area contributed by atoms with Crippen LogP contribution in [0.25, 0.3) is 0 Å². The summed E-state index contributed by atoms with van der Waals surface area (Å²) in [6.07, 6.45) is 0.608. The fraction of sp³-hybridized carbons (Fsp3) is 0.727. The molecule has 0 aromatic carbocycles. The van der Waals surface area contributed by atoms with Crippen molar-refractivity contribution in [1.29, 1.82) is 0 Å². The average molecular weight is 259 g/mol. The lowest BCUT2D eigenvalue weighted by atomic mass is 9.99. The van der Waals surface area contributed by atoms with E-state index in [4.69, 9.17) is 10.8 Å². The lowest BCUT2D eigenvalue weighted by Gasteiger charge is -2.25. The Morgan fingerprint density at radius 3 is 2.17 bits per heavy atom. The number of carboxylic acid groups (broad SMARTS) is 1. The van der Waals surface area contributed by atoms with Crippen LogP contribution in [0.4, 0.5) is 4.79 Å². The number of amides is 3. The summed E-state index contributed by atoms with van der Waals surface area (Å²) in [7, 11) is 0. The standard InChI is InChI=1S/C11H21N3O4/c1-5-6(2)7(8(15)16)13-10(18)14-11(3,4)9(12)17/h6-7H,5H2,1-4H3,(H2,12,17)(H,15,16)(H2,13,14,18). The topological polar surface area (TPSA) is 122 Å². The molecule has 7 nitrogen and oxygen atoms in total. The van der Waals surface area contributed by atoms with Crippen molar-refractivity contribution in [2.45, 2.75) is 45.7 Å². The number of nitrogens with one attached hydrogen (secondary N) is 2. The molecule has 3 amide bonds. The molecule has 104 valence electrons. The number of hydrogen-bond acceptors (Lipinski definition) is 3. The molecule has 0 saturated heterocycles. The first-order chi connectivity index (χ1) is 8.11. The summed E-state index contributed by atoms with van der Waals surface area (Å²) in [5, 5.41) is 13.6. The third kappa shape index (κ3) is 4.60. The molecule has 0 saturated carbocycles. The minimum absolute atomic E-state index is 0.218. The molecule has 2 unspecified atom stereocenters. The van der Waals surface area contributed by atoms with Crippen LogP contribution in [-0.4, -0.2) is 34.6 Å². The molecule has 5 N–H and O–H groups in total. The van der Waals surface area contributed by atoms with E-state index >= 15 is 0 Å². The summed E-state index contributed by atoms with van der Waals surface area (Å²) in [5.74, 6) is -2.03. The molecule has 0 fully saturated rings. The maximum Gasteiger partial charge on any atom is 0.326 e. The zero-order valence-corrected chi connectivity index (χ0v) is 11.1. The smallest absolute Gasteiger partial charge is 0.326 e. The van der Waals surface area contributed by atoms with Gasteiger partial charge in [-0.05, 0) is 19.8 Å². The molecule has 0 aliphatic heterocycles. The SMILES string of the molecule is CCC(C)C(NC(=O)NC(C)(C)C(N)=O)C(=O)O. The highest BCUT2D eigenvalue weighted by molar-refractivity contribution is 5.90. The Morgan fingerprint density at radius 1 is 1.33 bits per heavy atom. The van der Waals surface area contributed by atoms with Crippen molar-refractivity contribution in [2.24, 2.45) is 11.7 Å². The first kappa shape index (κ1) is 16.2. The van der Waals surface area contributed by atoms with E-state index in [0.717, 1.165) is 0 Å². The first-order valence-electron chi connectivity index (χ1n) is 5.73. The van der Waals surface area contributed by atoms with Gasteiger partial charge in [-0.25, -0.2) is 9.59 Å². The second kappa shape index (κ2) is 6.23. The minimum Gasteiger partial charge on any atom is -0.480 e. The molecule has 2 atom stereocenters. The lowest BCUT2D eigenvalue weighted by Crippen LogP contribution is -2.58. The van der Waals surface area contributed by atoms with Crippen LogP contribution < -0.4 is 16.4 Å². The van der Waals surface area contributed by atoms with E-state index in [2.05, 4.69) is 10.6 Å². The number of aliphatic carboxylic acids is 1. The zero-order valence-electron chi connectivity index (χ0n) is 11.1. The number of rotatable bonds is 6. The molecule has 7 heteroatoms. The molecular weight excluding hydrogens is 238 g/mol. The van der Waals surface area contributed by atoms with E-state index in [0.29, 0.717) is 6.42 Å². The molecule has 0 aliphatic carbocycles. The largest absolute Gasteiger partial charge is 0.480 e. The zero-order chi connectivity index (χ0) is 14.5. The van der Waals surface area contributed by atoms with Crippen molar-refractivity contribution in [1.82, 2.24) is 10.6 Å². The molecule has 0 aromatic rings. The molecule has 0 bridgehead atoms. The normalized spacial score (nSPS) is 14.4. The Balaban J connectivity index is 4.63. The van der Waals surface area contributed by atoms with Gasteiger partial charge in [0.1, 0.15) is 11.6 Å². The number of urea groups is 1. The summed E-state index contributed by atoms with van der Waals surface area (Å²) in [4.78, 5) is 33.6. The van der Waals surface area contributed by atoms with Crippen LogP contribution in [0.2, 0.25) is 0 Å². The second-order valence-electron chi connectivity index (χ2n) is 4.79. The summed E-state index contributed by atoms with van der Waals surface area (Å²) in [6.45, 7) is 6.42. The van der Waals surface area contributed by atoms with Crippen LogP contribution >= 0.6 is 0 Å². The fourth-order valence-electron chi connectivity index (χ4n) is 1.21. The van der Waals surface area contributed by atoms with E-state index in [9.17, 15) is 14.4 Å². The Bertz CT molecular complexity index is 341. The lowest BCUT2D eigenvalue weighted by molar-refractivity contribution is -0.140. The fourth-order valence-corrected chi connectivity index (χ4v) is 1.21. The molecule has 0 aromatic heterocycles. The van der Waals surface area contributed by atoms with E-state index in [1.807, 2.05) is 6.92 Å². The van der Waals surface area contributed by atoms with Crippen molar-refractivity contribution in [3.63, 3.8) is 0 Å². The maximum absolute atomic E-state index is 11.6. The van der Waals surface area contributed by atoms with Gasteiger partial charge in [-0.2, -0.15) is 0 Å². The van der Waals surface area contributed by atoms with Crippen LogP contribution in [0.5, 0.6) is 0 Å². The highest BCUT2D eigenvalue weighted by Crippen LogP contribution is 2.08. The Hall–Kier alpha value is -1.79. The van der Waals surface area contributed by atoms with Gasteiger partial charge in [0, 0.05) is 0 Å². The predicted molar refractivity (Wildman–Crippen MR) is 65.8 cm³/mol. The van der Waals surface area contributed by atoms with Crippen LogP contribution in [0.1, 0.15) is 34.1 Å². The highest BCUT2D eigenvalue weighted by atomic mass is 16.4. The first-order valence-corrected chi connectivity index (χ1v) is 5.73. The predicted octanol–water partition coefficient (Wildman–Crippen LogP) is 0.0488. The van der Waals surface area contributed by atoms with Gasteiger partial charge in [0.2, 0.25) is 5.91 Å². The van der Waals surface area contributed by atoms with E-state index in [1.54, 1.807) is 6.92 Å². The Labute approximate surface area is 106 Å². The van der Waals surface area contributed by atoms with Gasteiger partial charge < -0.3 is 21.5 Å². The van der Waals surface area contributed by atoms with Crippen LogP contribution in [-0.2, 0) is 9.59 Å². The average Bonchev–Trinajstić information content (AvgIpc) is 2.23. The van der Waals surface area contributed by atoms with Crippen molar-refractivity contribution >= 4 is 17.9 Å². The van der Waals surface area contributed by atoms with Gasteiger partial charge in [0.15, 0.2) is 0 Å². The quantitative estimate of drug-likeness (QED) is 0.538. The van der Waals surface area contributed by atoms with Gasteiger partial charge in [-0.1, -0.05) is 20.3 Å². The van der Waals surface area contributed by atoms with Crippen LogP contribution in [0.15, 0.2) is 0 Å². The van der Waals surface area contributed by atoms with Gasteiger partial charge in [0.05, 0.1) is 0 Å². The summed E-state index contributed by atoms with van der Waals surface area (Å²) >= 11 is 0. The van der Waals surface area contributed by atoms with Gasteiger partial charge in [0.25, 0.3) is 0 Å². The summed E-state index contributed by atoms with van der Waals surface area (Å²) in [6, 6.07) is -1.73. The molecule has 0 heterocycles. The van der Waals surface area contributed by atoms with Gasteiger partial charge in [-0.3, -0.25) is 4.79 Å². The van der Waals surface area contributed by atoms with Crippen molar-refractivity contribution < 1.29 is 19.5 Å². The summed E-state index contributed by atoms with van der Waals surface area (Å²) in [5.41, 5.74) is 3.86. The third-order valence-corrected chi connectivity index (χ3v) is 2.81. The van der Waals surface area contributed by atoms with Gasteiger partial charge in [-0.15, -0.1) is 0 Å². The van der Waals surface area contributed by atoms with E-state index in [-0.39, 0.29) is 5.92 Å². The monoisotopic (exact) mass is 259 g/mol. The molecular formula is C11H21N3O4. The van der Waals surface area contributed by atoms with Gasteiger partial charge >= 0.3 is 12.0 Å². The molecule has 0 radical (unpaired) electrons. The highest BCUT2D eigenvalue weighted by Gasteiger charge is 2.30. The molecule has 0 rings (SSSR count). The molecule has 0 spiro atoms. The maximum atomic E-state index is 11.6. The Morgan fingerprint density at radius 2 is 1.83 bits per heavy atom. The van der Waals surface area contributed by atoms with E-state index < -0.39 is 29.5 Å². The summed E-state index contributed by atoms with van der Waals surface area (Å²) < 4.78 is 0. The number of carboxylic acids is 1. The Kier molecular flexibility index (Phi) is 5.61. The minimum atomic E-state index is -1.23. The van der Waals surface area contributed by atoms with Crippen molar-refractivity contribution in [3.05, 3.63) is 0 Å². The van der Waals surface area contributed by atoms with Crippen molar-refractivity contribution in [2.75, 3.05) is 0 Å². The van der Waals surface area contributed by atoms with Crippen LogP contribution in [0.3, 0.4) is 0 Å². The molecule has 0 aliphatic rings. The van der Waals surface area contributed by atoms with E-state index in [1.165, 1.54) is 13.8 Å². The number of hydrogen-bond donors (Lipinski definition) is 4. The van der Waals surface area contributed by atoms with Crippen LogP contribution in [0, 0.1) is 5.92 Å².